The molecule has 0 aliphatic carbocycles. The monoisotopic (exact) mass is 287 g/mol. The summed E-state index contributed by atoms with van der Waals surface area (Å²) in [6, 6.07) is 9.21. The number of hydrogen-bond donors (Lipinski definition) is 1. The molecular weight excluding hydrogens is 266 g/mol. The number of hydrogen-bond acceptors (Lipinski definition) is 4. The van der Waals surface area contributed by atoms with E-state index in [1.54, 1.807) is 20.5 Å². The standard InChI is InChI=1S/C17H21NO3/c1-4-6-14(17(18)15-7-5-10-21-15)13-9-8-12(19-2)11-16(13)20-3/h4-5,7-11,14,17H,1,6,18H2,2-3H3. The molecule has 2 unspecified atom stereocenters. The number of rotatable bonds is 7. The molecule has 0 fully saturated rings. The molecule has 0 aliphatic heterocycles. The third-order valence-electron chi connectivity index (χ3n) is 3.57. The van der Waals surface area contributed by atoms with E-state index < -0.39 is 0 Å². The Morgan fingerprint density at radius 1 is 1.29 bits per heavy atom. The predicted molar refractivity (Wildman–Crippen MR) is 82.7 cm³/mol. The van der Waals surface area contributed by atoms with E-state index in [0.717, 1.165) is 29.2 Å². The highest BCUT2D eigenvalue weighted by atomic mass is 16.5. The topological polar surface area (TPSA) is 57.6 Å². The van der Waals surface area contributed by atoms with Crippen molar-refractivity contribution in [2.75, 3.05) is 14.2 Å². The second-order valence-electron chi connectivity index (χ2n) is 4.78. The molecule has 112 valence electrons. The fourth-order valence-electron chi connectivity index (χ4n) is 2.45. The molecule has 4 heteroatoms. The molecule has 2 N–H and O–H groups in total. The van der Waals surface area contributed by atoms with Crippen LogP contribution in [0.4, 0.5) is 0 Å². The Labute approximate surface area is 125 Å². The van der Waals surface area contributed by atoms with Crippen molar-refractivity contribution in [1.29, 1.82) is 0 Å². The lowest BCUT2D eigenvalue weighted by molar-refractivity contribution is 0.377. The summed E-state index contributed by atoms with van der Waals surface area (Å²) in [6.45, 7) is 3.83. The normalized spacial score (nSPS) is 13.5. The average molecular weight is 287 g/mol. The average Bonchev–Trinajstić information content (AvgIpc) is 3.06. The zero-order valence-corrected chi connectivity index (χ0v) is 12.4. The minimum absolute atomic E-state index is 0.0227. The molecule has 0 saturated heterocycles. The molecule has 2 atom stereocenters. The molecule has 1 heterocycles. The fourth-order valence-corrected chi connectivity index (χ4v) is 2.45. The van der Waals surface area contributed by atoms with Crippen LogP contribution in [-0.4, -0.2) is 14.2 Å². The first-order chi connectivity index (χ1) is 10.2. The van der Waals surface area contributed by atoms with Gasteiger partial charge in [0, 0.05) is 12.0 Å². The lowest BCUT2D eigenvalue weighted by atomic mass is 9.87. The van der Waals surface area contributed by atoms with Gasteiger partial charge in [-0.3, -0.25) is 0 Å². The SMILES string of the molecule is C=CCC(c1ccc(OC)cc1OC)C(N)c1ccco1. The van der Waals surface area contributed by atoms with Crippen LogP contribution in [0.25, 0.3) is 0 Å². The van der Waals surface area contributed by atoms with E-state index in [2.05, 4.69) is 6.58 Å². The second-order valence-corrected chi connectivity index (χ2v) is 4.78. The van der Waals surface area contributed by atoms with Crippen molar-refractivity contribution in [1.82, 2.24) is 0 Å². The molecule has 0 radical (unpaired) electrons. The van der Waals surface area contributed by atoms with E-state index in [9.17, 15) is 0 Å². The highest BCUT2D eigenvalue weighted by Crippen LogP contribution is 2.39. The van der Waals surface area contributed by atoms with Crippen molar-refractivity contribution in [3.05, 3.63) is 60.6 Å². The fraction of sp³-hybridized carbons (Fsp3) is 0.294. The first-order valence-corrected chi connectivity index (χ1v) is 6.83. The van der Waals surface area contributed by atoms with E-state index in [4.69, 9.17) is 19.6 Å². The Hall–Kier alpha value is -2.20. The summed E-state index contributed by atoms with van der Waals surface area (Å²) in [7, 11) is 3.27. The number of benzene rings is 1. The zero-order valence-electron chi connectivity index (χ0n) is 12.4. The van der Waals surface area contributed by atoms with Gasteiger partial charge in [-0.2, -0.15) is 0 Å². The van der Waals surface area contributed by atoms with Crippen LogP contribution in [0.15, 0.2) is 53.7 Å². The van der Waals surface area contributed by atoms with Crippen LogP contribution in [0.2, 0.25) is 0 Å². The summed E-state index contributed by atoms with van der Waals surface area (Å²) >= 11 is 0. The van der Waals surface area contributed by atoms with Gasteiger partial charge in [-0.15, -0.1) is 6.58 Å². The summed E-state index contributed by atoms with van der Waals surface area (Å²) in [5.74, 6) is 2.27. The molecule has 0 amide bonds. The molecule has 4 nitrogen and oxygen atoms in total. The van der Waals surface area contributed by atoms with E-state index >= 15 is 0 Å². The minimum atomic E-state index is -0.264. The number of allylic oxidation sites excluding steroid dienone is 1. The van der Waals surface area contributed by atoms with Gasteiger partial charge >= 0.3 is 0 Å². The van der Waals surface area contributed by atoms with E-state index in [1.807, 2.05) is 36.4 Å². The van der Waals surface area contributed by atoms with Crippen LogP contribution < -0.4 is 15.2 Å². The van der Waals surface area contributed by atoms with E-state index in [-0.39, 0.29) is 12.0 Å². The van der Waals surface area contributed by atoms with Crippen molar-refractivity contribution in [2.45, 2.75) is 18.4 Å². The van der Waals surface area contributed by atoms with Crippen LogP contribution >= 0.6 is 0 Å². The van der Waals surface area contributed by atoms with Gasteiger partial charge in [-0.1, -0.05) is 12.1 Å². The van der Waals surface area contributed by atoms with Crippen LogP contribution in [0.1, 0.15) is 29.7 Å². The largest absolute Gasteiger partial charge is 0.497 e. The third-order valence-corrected chi connectivity index (χ3v) is 3.57. The first kappa shape index (κ1) is 15.2. The Bertz CT molecular complexity index is 578. The van der Waals surface area contributed by atoms with Gasteiger partial charge in [-0.05, 0) is 30.2 Å². The Morgan fingerprint density at radius 2 is 2.10 bits per heavy atom. The van der Waals surface area contributed by atoms with Gasteiger partial charge < -0.3 is 19.6 Å². The van der Waals surface area contributed by atoms with Gasteiger partial charge in [0.1, 0.15) is 17.3 Å². The molecule has 1 aromatic heterocycles. The second kappa shape index (κ2) is 6.99. The first-order valence-electron chi connectivity index (χ1n) is 6.83. The maximum atomic E-state index is 6.37. The molecular formula is C17H21NO3. The van der Waals surface area contributed by atoms with Crippen molar-refractivity contribution >= 4 is 0 Å². The molecule has 21 heavy (non-hydrogen) atoms. The summed E-state index contributed by atoms with van der Waals surface area (Å²) in [5.41, 5.74) is 7.38. The molecule has 0 bridgehead atoms. The zero-order chi connectivity index (χ0) is 15.2. The third kappa shape index (κ3) is 3.28. The van der Waals surface area contributed by atoms with Crippen LogP contribution in [0.3, 0.4) is 0 Å². The van der Waals surface area contributed by atoms with Gasteiger partial charge in [0.05, 0.1) is 26.5 Å². The summed E-state index contributed by atoms with van der Waals surface area (Å²) < 4.78 is 16.2. The highest BCUT2D eigenvalue weighted by Gasteiger charge is 2.25. The number of methoxy groups -OCH3 is 2. The predicted octanol–water partition coefficient (Wildman–Crippen LogP) is 3.66. The lowest BCUT2D eigenvalue weighted by Crippen LogP contribution is -2.19. The van der Waals surface area contributed by atoms with Crippen molar-refractivity contribution in [2.24, 2.45) is 5.73 Å². The van der Waals surface area contributed by atoms with E-state index in [0.29, 0.717) is 0 Å². The van der Waals surface area contributed by atoms with Crippen LogP contribution in [0.5, 0.6) is 11.5 Å². The van der Waals surface area contributed by atoms with Crippen molar-refractivity contribution < 1.29 is 13.9 Å². The molecule has 0 saturated carbocycles. The molecule has 2 aromatic rings. The molecule has 0 spiro atoms. The maximum absolute atomic E-state index is 6.37. The summed E-state index contributed by atoms with van der Waals surface area (Å²) in [4.78, 5) is 0. The summed E-state index contributed by atoms with van der Waals surface area (Å²) in [6.07, 6.45) is 4.22. The molecule has 1 aromatic carbocycles. The van der Waals surface area contributed by atoms with Crippen molar-refractivity contribution in [3.63, 3.8) is 0 Å². The van der Waals surface area contributed by atoms with Crippen LogP contribution in [-0.2, 0) is 0 Å². The van der Waals surface area contributed by atoms with E-state index in [1.165, 1.54) is 0 Å². The van der Waals surface area contributed by atoms with Crippen LogP contribution in [0, 0.1) is 0 Å². The number of nitrogens with two attached hydrogens (primary N) is 1. The Balaban J connectivity index is 2.40. The van der Waals surface area contributed by atoms with Gasteiger partial charge in [0.15, 0.2) is 0 Å². The minimum Gasteiger partial charge on any atom is -0.497 e. The van der Waals surface area contributed by atoms with Crippen molar-refractivity contribution in [3.8, 4) is 11.5 Å². The highest BCUT2D eigenvalue weighted by molar-refractivity contribution is 5.44. The molecule has 0 aliphatic rings. The number of furan rings is 1. The van der Waals surface area contributed by atoms with Gasteiger partial charge in [0.25, 0.3) is 0 Å². The van der Waals surface area contributed by atoms with Gasteiger partial charge in [0.2, 0.25) is 0 Å². The Morgan fingerprint density at radius 3 is 2.67 bits per heavy atom. The van der Waals surface area contributed by atoms with Gasteiger partial charge in [-0.25, -0.2) is 0 Å². The quantitative estimate of drug-likeness (QED) is 0.790. The smallest absolute Gasteiger partial charge is 0.126 e. The molecule has 2 rings (SSSR count). The Kier molecular flexibility index (Phi) is 5.06. The maximum Gasteiger partial charge on any atom is 0.126 e. The lowest BCUT2D eigenvalue weighted by Gasteiger charge is -2.24. The summed E-state index contributed by atoms with van der Waals surface area (Å²) in [5, 5.41) is 0. The number of ether oxygens (including phenoxy) is 2.